The van der Waals surface area contributed by atoms with Crippen LogP contribution in [0.2, 0.25) is 0 Å². The van der Waals surface area contributed by atoms with Gasteiger partial charge in [-0.15, -0.1) is 22.7 Å². The van der Waals surface area contributed by atoms with Crippen LogP contribution in [-0.4, -0.2) is 61.0 Å². The van der Waals surface area contributed by atoms with Gasteiger partial charge in [-0.3, -0.25) is 9.80 Å². The lowest BCUT2D eigenvalue weighted by Gasteiger charge is -2.52. The third kappa shape index (κ3) is 3.85. The smallest absolute Gasteiger partial charge is 0.331 e. The number of thiophene rings is 2. The van der Waals surface area contributed by atoms with Crippen LogP contribution in [0.1, 0.15) is 35.4 Å². The van der Waals surface area contributed by atoms with Gasteiger partial charge in [0.15, 0.2) is 11.2 Å². The van der Waals surface area contributed by atoms with E-state index in [1.54, 1.807) is 22.7 Å². The van der Waals surface area contributed by atoms with Crippen molar-refractivity contribution in [1.29, 1.82) is 0 Å². The summed E-state index contributed by atoms with van der Waals surface area (Å²) >= 11 is 3.28. The Bertz CT molecular complexity index is 969. The fraction of sp³-hybridized carbons (Fsp3) is 0.538. The lowest BCUT2D eigenvalue weighted by molar-refractivity contribution is -0.182. The molecule has 0 N–H and O–H groups in total. The highest BCUT2D eigenvalue weighted by atomic mass is 32.1. The Morgan fingerprint density at radius 1 is 0.765 bits per heavy atom. The van der Waals surface area contributed by atoms with Crippen LogP contribution in [0.25, 0.3) is 0 Å². The van der Waals surface area contributed by atoms with Crippen molar-refractivity contribution in [3.8, 4) is 0 Å². The van der Waals surface area contributed by atoms with Crippen molar-refractivity contribution in [2.75, 3.05) is 39.3 Å². The summed E-state index contributed by atoms with van der Waals surface area (Å²) in [4.78, 5) is 32.9. The van der Waals surface area contributed by atoms with Gasteiger partial charge in [0, 0.05) is 46.8 Å². The zero-order chi connectivity index (χ0) is 23.2. The van der Waals surface area contributed by atoms with Gasteiger partial charge >= 0.3 is 11.9 Å². The maximum Gasteiger partial charge on any atom is 0.331 e. The molecule has 6 nitrogen and oxygen atoms in total. The fourth-order valence-electron chi connectivity index (χ4n) is 6.53. The first kappa shape index (κ1) is 22.5. The Hall–Kier alpha value is -2.00. The Balaban J connectivity index is 1.18. The van der Waals surface area contributed by atoms with E-state index >= 15 is 0 Å². The van der Waals surface area contributed by atoms with Crippen molar-refractivity contribution in [1.82, 2.24) is 9.80 Å². The van der Waals surface area contributed by atoms with Gasteiger partial charge < -0.3 is 9.47 Å². The highest BCUT2D eigenvalue weighted by molar-refractivity contribution is 7.10. The van der Waals surface area contributed by atoms with Crippen LogP contribution in [-0.2, 0) is 30.3 Å². The maximum atomic E-state index is 13.0. The molecule has 0 aliphatic carbocycles. The van der Waals surface area contributed by atoms with E-state index in [9.17, 15) is 9.59 Å². The van der Waals surface area contributed by atoms with E-state index in [4.69, 9.17) is 9.47 Å². The average Bonchev–Trinajstić information content (AvgIpc) is 3.60. The summed E-state index contributed by atoms with van der Waals surface area (Å²) in [5.41, 5.74) is -1.24. The predicted octanol–water partition coefficient (Wildman–Crippen LogP) is 3.99. The second-order valence-electron chi connectivity index (χ2n) is 10.0. The molecular formula is C26H30N2O4S2. The van der Waals surface area contributed by atoms with Crippen LogP contribution in [0.15, 0.2) is 47.2 Å². The Kier molecular flexibility index (Phi) is 5.88. The first-order valence-electron chi connectivity index (χ1n) is 12.2. The van der Waals surface area contributed by atoms with E-state index in [0.717, 1.165) is 74.7 Å². The van der Waals surface area contributed by atoms with Crippen molar-refractivity contribution < 1.29 is 19.1 Å². The number of rotatable bonds is 6. The molecule has 8 heterocycles. The quantitative estimate of drug-likeness (QED) is 0.443. The van der Waals surface area contributed by atoms with E-state index in [-0.39, 0.29) is 0 Å². The lowest BCUT2D eigenvalue weighted by atomic mass is 9.74. The Labute approximate surface area is 208 Å². The highest BCUT2D eigenvalue weighted by Crippen LogP contribution is 2.48. The molecule has 6 fully saturated rings. The Morgan fingerprint density at radius 3 is 1.47 bits per heavy atom. The third-order valence-corrected chi connectivity index (χ3v) is 10.3. The zero-order valence-corrected chi connectivity index (χ0v) is 20.8. The predicted molar refractivity (Wildman–Crippen MR) is 132 cm³/mol. The molecule has 0 radical (unpaired) electrons. The number of hydrogen-bond acceptors (Lipinski definition) is 8. The molecule has 2 aromatic heterocycles. The molecule has 0 aromatic carbocycles. The molecule has 8 heteroatoms. The van der Waals surface area contributed by atoms with E-state index in [1.165, 1.54) is 12.2 Å². The molecular weight excluding hydrogens is 468 g/mol. The normalized spacial score (nSPS) is 36.6. The van der Waals surface area contributed by atoms with Gasteiger partial charge in [-0.1, -0.05) is 12.1 Å². The lowest BCUT2D eigenvalue weighted by Crippen LogP contribution is -2.58. The van der Waals surface area contributed by atoms with E-state index in [1.807, 2.05) is 22.9 Å². The summed E-state index contributed by atoms with van der Waals surface area (Å²) in [5, 5.41) is 4.07. The largest absolute Gasteiger partial charge is 0.448 e. The summed E-state index contributed by atoms with van der Waals surface area (Å²) < 4.78 is 12.3. The van der Waals surface area contributed by atoms with E-state index in [2.05, 4.69) is 21.9 Å². The molecule has 0 amide bonds. The first-order chi connectivity index (χ1) is 16.6. The van der Waals surface area contributed by atoms with Crippen LogP contribution in [0.4, 0.5) is 0 Å². The van der Waals surface area contributed by atoms with Gasteiger partial charge in [0.05, 0.1) is 0 Å². The van der Waals surface area contributed by atoms with Gasteiger partial charge in [0.1, 0.15) is 0 Å². The van der Waals surface area contributed by atoms with Crippen LogP contribution in [0.5, 0.6) is 0 Å². The maximum absolute atomic E-state index is 13.0. The standard InChI is InChI=1S/C26H30N2O4S2/c29-23(31-25(21-3-1-15-33-21)17-27-11-7-19(25)8-12-27)5-6-24(30)32-26(22-4-2-16-34-22)18-28-13-9-20(26)10-14-28/h1-6,15-16,19-20H,7-14,17-18H2/b6-5+. The number of fused-ring (bicyclic) bond motifs is 6. The van der Waals surface area contributed by atoms with E-state index in [0.29, 0.717) is 11.8 Å². The molecule has 6 aliphatic heterocycles. The van der Waals surface area contributed by atoms with E-state index < -0.39 is 23.1 Å². The molecule has 8 rings (SSSR count). The summed E-state index contributed by atoms with van der Waals surface area (Å²) in [6.07, 6.45) is 6.63. The number of carbonyl (C=O) groups excluding carboxylic acids is 2. The topological polar surface area (TPSA) is 59.1 Å². The van der Waals surface area contributed by atoms with Gasteiger partial charge in [0.2, 0.25) is 0 Å². The third-order valence-electron chi connectivity index (χ3n) is 8.21. The summed E-state index contributed by atoms with van der Waals surface area (Å²) in [6, 6.07) is 8.16. The summed E-state index contributed by atoms with van der Waals surface area (Å²) in [5.74, 6) is -0.319. The SMILES string of the molecule is O=C(/C=C/C(=O)OC1(c2cccs2)CN2CCC1CC2)OC1(c2cccs2)CN2CCC1CC2. The molecule has 34 heavy (non-hydrogen) atoms. The molecule has 180 valence electrons. The van der Waals surface area contributed by atoms with Gasteiger partial charge in [0.25, 0.3) is 0 Å². The number of ether oxygens (including phenoxy) is 2. The summed E-state index contributed by atoms with van der Waals surface area (Å²) in [6.45, 7) is 5.67. The fourth-order valence-corrected chi connectivity index (χ4v) is 8.40. The number of nitrogens with zero attached hydrogens (tertiary/aromatic N) is 2. The number of hydrogen-bond donors (Lipinski definition) is 0. The molecule has 2 unspecified atom stereocenters. The molecule has 2 aromatic rings. The molecule has 2 atom stereocenters. The molecule has 0 spiro atoms. The second-order valence-corrected chi connectivity index (χ2v) is 11.9. The van der Waals surface area contributed by atoms with Gasteiger partial charge in [-0.2, -0.15) is 0 Å². The first-order valence-corrected chi connectivity index (χ1v) is 14.0. The minimum absolute atomic E-state index is 0.314. The average molecular weight is 499 g/mol. The minimum atomic E-state index is -0.621. The number of piperidine rings is 6. The molecule has 6 aliphatic rings. The summed E-state index contributed by atoms with van der Waals surface area (Å²) in [7, 11) is 0. The van der Waals surface area contributed by atoms with Crippen molar-refractivity contribution in [2.45, 2.75) is 36.9 Å². The van der Waals surface area contributed by atoms with Crippen molar-refractivity contribution in [3.05, 3.63) is 56.9 Å². The molecule has 0 saturated carbocycles. The molecule has 6 saturated heterocycles. The van der Waals surface area contributed by atoms with Crippen molar-refractivity contribution >= 4 is 34.6 Å². The van der Waals surface area contributed by atoms with Gasteiger partial charge in [-0.25, -0.2) is 9.59 Å². The highest BCUT2D eigenvalue weighted by Gasteiger charge is 2.52. The van der Waals surface area contributed by atoms with Crippen LogP contribution in [0, 0.1) is 11.8 Å². The van der Waals surface area contributed by atoms with Gasteiger partial charge in [-0.05, 0) is 74.8 Å². The van der Waals surface area contributed by atoms with Crippen LogP contribution < -0.4 is 0 Å². The second kappa shape index (κ2) is 8.90. The van der Waals surface area contributed by atoms with Crippen LogP contribution >= 0.6 is 22.7 Å². The number of carbonyl (C=O) groups is 2. The monoisotopic (exact) mass is 498 g/mol. The molecule has 4 bridgehead atoms. The van der Waals surface area contributed by atoms with Crippen molar-refractivity contribution in [3.63, 3.8) is 0 Å². The number of esters is 2. The minimum Gasteiger partial charge on any atom is -0.448 e. The zero-order valence-electron chi connectivity index (χ0n) is 19.2. The van der Waals surface area contributed by atoms with Crippen LogP contribution in [0.3, 0.4) is 0 Å². The Morgan fingerprint density at radius 2 is 1.18 bits per heavy atom. The van der Waals surface area contributed by atoms with Crippen molar-refractivity contribution in [2.24, 2.45) is 11.8 Å².